The molecule has 0 atom stereocenters. The van der Waals surface area contributed by atoms with Crippen LogP contribution in [0.5, 0.6) is 0 Å². The molecule has 0 unspecified atom stereocenters. The fourth-order valence-electron chi connectivity index (χ4n) is 3.36. The second kappa shape index (κ2) is 8.15. The van der Waals surface area contributed by atoms with E-state index in [1.165, 1.54) is 5.69 Å². The number of nitrogens with zero attached hydrogens (tertiary/aromatic N) is 2. The molecule has 2 aliphatic heterocycles. The van der Waals surface area contributed by atoms with Gasteiger partial charge in [-0.05, 0) is 38.1 Å². The number of amides is 2. The lowest BCUT2D eigenvalue weighted by Gasteiger charge is -2.36. The summed E-state index contributed by atoms with van der Waals surface area (Å²) in [6, 6.07) is 10.3. The van der Waals surface area contributed by atoms with Crippen LogP contribution in [0.25, 0.3) is 0 Å². The molecule has 0 spiro atoms. The molecule has 3 rings (SSSR count). The molecule has 2 amide bonds. The molecule has 1 aromatic rings. The Labute approximate surface area is 143 Å². The van der Waals surface area contributed by atoms with E-state index in [-0.39, 0.29) is 24.3 Å². The molecule has 130 valence electrons. The van der Waals surface area contributed by atoms with Gasteiger partial charge in [0.1, 0.15) is 0 Å². The van der Waals surface area contributed by atoms with Crippen molar-refractivity contribution < 1.29 is 9.59 Å². The van der Waals surface area contributed by atoms with Crippen LogP contribution in [0.3, 0.4) is 0 Å². The molecule has 6 nitrogen and oxygen atoms in total. The molecule has 0 saturated carbocycles. The lowest BCUT2D eigenvalue weighted by atomic mass is 9.97. The van der Waals surface area contributed by atoms with Gasteiger partial charge in [0.15, 0.2) is 0 Å². The van der Waals surface area contributed by atoms with Crippen molar-refractivity contribution in [2.24, 2.45) is 5.92 Å². The van der Waals surface area contributed by atoms with E-state index in [1.807, 2.05) is 23.1 Å². The number of hydrogen-bond acceptors (Lipinski definition) is 4. The Morgan fingerprint density at radius 2 is 1.71 bits per heavy atom. The first-order chi connectivity index (χ1) is 11.7. The molecule has 0 radical (unpaired) electrons. The van der Waals surface area contributed by atoms with E-state index in [9.17, 15) is 9.59 Å². The first kappa shape index (κ1) is 16.8. The summed E-state index contributed by atoms with van der Waals surface area (Å²) >= 11 is 0. The number of hydrogen-bond donors (Lipinski definition) is 2. The van der Waals surface area contributed by atoms with Crippen LogP contribution in [0.15, 0.2) is 30.3 Å². The van der Waals surface area contributed by atoms with Gasteiger partial charge in [0.05, 0.1) is 6.54 Å². The number of benzene rings is 1. The Balaban J connectivity index is 1.41. The smallest absolute Gasteiger partial charge is 0.242 e. The maximum absolute atomic E-state index is 12.3. The highest BCUT2D eigenvalue weighted by Gasteiger charge is 2.24. The summed E-state index contributed by atoms with van der Waals surface area (Å²) < 4.78 is 0. The number of carbonyl (C=O) groups is 2. The zero-order chi connectivity index (χ0) is 16.8. The van der Waals surface area contributed by atoms with Gasteiger partial charge in [-0.3, -0.25) is 9.59 Å². The van der Waals surface area contributed by atoms with Gasteiger partial charge in [-0.25, -0.2) is 0 Å². The van der Waals surface area contributed by atoms with E-state index < -0.39 is 0 Å². The number of rotatable bonds is 4. The summed E-state index contributed by atoms with van der Waals surface area (Å²) in [6.45, 7) is 4.96. The van der Waals surface area contributed by atoms with Gasteiger partial charge in [0, 0.05) is 37.8 Å². The van der Waals surface area contributed by atoms with Crippen LogP contribution in [0.1, 0.15) is 12.8 Å². The number of piperidine rings is 1. The number of anilines is 1. The summed E-state index contributed by atoms with van der Waals surface area (Å²) in [6.07, 6.45) is 1.71. The average Bonchev–Trinajstić information content (AvgIpc) is 2.67. The van der Waals surface area contributed by atoms with E-state index in [4.69, 9.17) is 0 Å². The second-order valence-electron chi connectivity index (χ2n) is 6.45. The predicted octanol–water partition coefficient (Wildman–Crippen LogP) is 0.451. The van der Waals surface area contributed by atoms with Crippen molar-refractivity contribution in [2.75, 3.05) is 50.7 Å². The standard InChI is InChI=1S/C18H26N4O2/c23-17(14-20-18(24)15-6-8-19-9-7-15)22-12-10-21(11-13-22)16-4-2-1-3-5-16/h1-5,15,19H,6-14H2,(H,20,24). The van der Waals surface area contributed by atoms with Crippen molar-refractivity contribution in [3.63, 3.8) is 0 Å². The van der Waals surface area contributed by atoms with Crippen LogP contribution >= 0.6 is 0 Å². The van der Waals surface area contributed by atoms with Gasteiger partial charge in [0.25, 0.3) is 0 Å². The van der Waals surface area contributed by atoms with Crippen LogP contribution in [0.4, 0.5) is 5.69 Å². The molecule has 0 aliphatic carbocycles. The number of piperazine rings is 1. The van der Waals surface area contributed by atoms with Crippen molar-refractivity contribution in [2.45, 2.75) is 12.8 Å². The fourth-order valence-corrected chi connectivity index (χ4v) is 3.36. The van der Waals surface area contributed by atoms with Gasteiger partial charge >= 0.3 is 0 Å². The molecule has 2 saturated heterocycles. The van der Waals surface area contributed by atoms with Crippen molar-refractivity contribution in [3.8, 4) is 0 Å². The molecule has 6 heteroatoms. The number of nitrogens with one attached hydrogen (secondary N) is 2. The van der Waals surface area contributed by atoms with E-state index >= 15 is 0 Å². The lowest BCUT2D eigenvalue weighted by molar-refractivity contribution is -0.134. The fraction of sp³-hybridized carbons (Fsp3) is 0.556. The Morgan fingerprint density at radius 3 is 2.38 bits per heavy atom. The van der Waals surface area contributed by atoms with Gasteiger partial charge < -0.3 is 20.4 Å². The summed E-state index contributed by atoms with van der Waals surface area (Å²) in [7, 11) is 0. The summed E-state index contributed by atoms with van der Waals surface area (Å²) in [5.41, 5.74) is 1.20. The topological polar surface area (TPSA) is 64.7 Å². The molecule has 0 aromatic heterocycles. The molecule has 1 aromatic carbocycles. The van der Waals surface area contributed by atoms with E-state index in [0.29, 0.717) is 13.1 Å². The SMILES string of the molecule is O=C(NCC(=O)N1CCN(c2ccccc2)CC1)C1CCNCC1. The van der Waals surface area contributed by atoms with Crippen molar-refractivity contribution >= 4 is 17.5 Å². The van der Waals surface area contributed by atoms with E-state index in [2.05, 4.69) is 27.7 Å². The molecule has 24 heavy (non-hydrogen) atoms. The first-order valence-electron chi connectivity index (χ1n) is 8.80. The highest BCUT2D eigenvalue weighted by atomic mass is 16.2. The highest BCUT2D eigenvalue weighted by molar-refractivity contribution is 5.86. The number of para-hydroxylation sites is 1. The Morgan fingerprint density at radius 1 is 1.04 bits per heavy atom. The van der Waals surface area contributed by atoms with E-state index in [0.717, 1.165) is 39.0 Å². The molecule has 2 heterocycles. The zero-order valence-corrected chi connectivity index (χ0v) is 14.0. The maximum atomic E-state index is 12.3. The summed E-state index contributed by atoms with van der Waals surface area (Å²) in [5, 5.41) is 6.06. The van der Waals surface area contributed by atoms with Crippen LogP contribution < -0.4 is 15.5 Å². The molecule has 0 bridgehead atoms. The van der Waals surface area contributed by atoms with Crippen LogP contribution in [0.2, 0.25) is 0 Å². The Kier molecular flexibility index (Phi) is 5.69. The van der Waals surface area contributed by atoms with Crippen LogP contribution in [-0.2, 0) is 9.59 Å². The highest BCUT2D eigenvalue weighted by Crippen LogP contribution is 2.15. The third-order valence-corrected chi connectivity index (χ3v) is 4.88. The minimum Gasteiger partial charge on any atom is -0.368 e. The van der Waals surface area contributed by atoms with Gasteiger partial charge in [-0.1, -0.05) is 18.2 Å². The normalized spacial score (nSPS) is 19.2. The quantitative estimate of drug-likeness (QED) is 0.841. The molecular formula is C18H26N4O2. The third-order valence-electron chi connectivity index (χ3n) is 4.88. The zero-order valence-electron chi connectivity index (χ0n) is 14.0. The summed E-state index contributed by atoms with van der Waals surface area (Å²) in [5.74, 6) is 0.0896. The lowest BCUT2D eigenvalue weighted by Crippen LogP contribution is -2.51. The minimum absolute atomic E-state index is 0.0185. The molecule has 2 aliphatic rings. The van der Waals surface area contributed by atoms with Gasteiger partial charge in [-0.2, -0.15) is 0 Å². The van der Waals surface area contributed by atoms with Crippen LogP contribution in [-0.4, -0.2) is 62.5 Å². The number of carbonyl (C=O) groups excluding carboxylic acids is 2. The van der Waals surface area contributed by atoms with Crippen molar-refractivity contribution in [1.82, 2.24) is 15.5 Å². The molecule has 2 N–H and O–H groups in total. The average molecular weight is 330 g/mol. The third kappa shape index (κ3) is 4.26. The maximum Gasteiger partial charge on any atom is 0.242 e. The van der Waals surface area contributed by atoms with Gasteiger partial charge in [0.2, 0.25) is 11.8 Å². The van der Waals surface area contributed by atoms with Crippen LogP contribution in [0, 0.1) is 5.92 Å². The van der Waals surface area contributed by atoms with Gasteiger partial charge in [-0.15, -0.1) is 0 Å². The van der Waals surface area contributed by atoms with Crippen molar-refractivity contribution in [1.29, 1.82) is 0 Å². The monoisotopic (exact) mass is 330 g/mol. The molecular weight excluding hydrogens is 304 g/mol. The van der Waals surface area contributed by atoms with Crippen molar-refractivity contribution in [3.05, 3.63) is 30.3 Å². The second-order valence-corrected chi connectivity index (χ2v) is 6.45. The largest absolute Gasteiger partial charge is 0.368 e. The molecule has 2 fully saturated rings. The van der Waals surface area contributed by atoms with E-state index in [1.54, 1.807) is 0 Å². The summed E-state index contributed by atoms with van der Waals surface area (Å²) in [4.78, 5) is 28.6. The Hall–Kier alpha value is -2.08. The minimum atomic E-state index is 0.0185. The first-order valence-corrected chi connectivity index (χ1v) is 8.80. The predicted molar refractivity (Wildman–Crippen MR) is 93.8 cm³/mol. The Bertz CT molecular complexity index is 549.